The van der Waals surface area contributed by atoms with E-state index in [1.807, 2.05) is 56.9 Å². The summed E-state index contributed by atoms with van der Waals surface area (Å²) in [6.45, 7) is 23.5. The lowest BCUT2D eigenvalue weighted by molar-refractivity contribution is 0.0874. The second-order valence-corrected chi connectivity index (χ2v) is 11.4. The molecule has 1 aliphatic rings. The van der Waals surface area contributed by atoms with E-state index in [4.69, 9.17) is 0 Å². The highest BCUT2D eigenvalue weighted by molar-refractivity contribution is 5.99. The Hall–Kier alpha value is -2.86. The van der Waals surface area contributed by atoms with Crippen LogP contribution >= 0.6 is 0 Å². The topological polar surface area (TPSA) is 57.6 Å². The van der Waals surface area contributed by atoms with Crippen molar-refractivity contribution in [2.45, 2.75) is 66.5 Å². The summed E-state index contributed by atoms with van der Waals surface area (Å²) in [6, 6.07) is 10.1. The van der Waals surface area contributed by atoms with Crippen molar-refractivity contribution < 1.29 is 9.59 Å². The number of benzene rings is 1. The molecule has 2 aromatic rings. The first-order chi connectivity index (χ1) is 16.2. The van der Waals surface area contributed by atoms with Crippen molar-refractivity contribution in [3.63, 3.8) is 0 Å². The number of aryl methyl sites for hydroxylation is 1. The van der Waals surface area contributed by atoms with Crippen LogP contribution in [0, 0.1) is 13.8 Å². The van der Waals surface area contributed by atoms with Crippen molar-refractivity contribution in [1.29, 1.82) is 0 Å². The van der Waals surface area contributed by atoms with Gasteiger partial charge in [-0.2, -0.15) is 0 Å². The maximum Gasteiger partial charge on any atom is 0.318 e. The molecule has 0 spiro atoms. The lowest BCUT2D eigenvalue weighted by atomic mass is 9.92. The number of nitrogens with zero attached hydrogens (tertiary/aromatic N) is 3. The summed E-state index contributed by atoms with van der Waals surface area (Å²) in [7, 11) is 0. The van der Waals surface area contributed by atoms with Crippen LogP contribution in [0.4, 0.5) is 4.79 Å². The van der Waals surface area contributed by atoms with Crippen LogP contribution in [0.2, 0.25) is 0 Å². The zero-order valence-corrected chi connectivity index (χ0v) is 22.8. The predicted octanol–water partition coefficient (Wildman–Crippen LogP) is 5.34. The molecule has 1 aromatic heterocycles. The number of urea groups is 1. The van der Waals surface area contributed by atoms with Gasteiger partial charge in [-0.05, 0) is 78.6 Å². The van der Waals surface area contributed by atoms with Gasteiger partial charge in [0.05, 0.1) is 12.1 Å². The fraction of sp³-hybridized carbons (Fsp3) is 0.517. The van der Waals surface area contributed by atoms with Crippen LogP contribution in [0.5, 0.6) is 0 Å². The van der Waals surface area contributed by atoms with E-state index >= 15 is 0 Å². The number of ketones is 1. The highest BCUT2D eigenvalue weighted by Gasteiger charge is 2.29. The summed E-state index contributed by atoms with van der Waals surface area (Å²) < 4.78 is 2.23. The van der Waals surface area contributed by atoms with E-state index in [1.165, 1.54) is 0 Å². The SMILES string of the molecule is C=C(C)c1cccc(C(C)(C)NC(=O)N2CCN(CC(=O)c3cc(C)n(C(C)(C)C)c3C)CC2)c1. The van der Waals surface area contributed by atoms with Crippen molar-refractivity contribution in [1.82, 2.24) is 19.7 Å². The minimum absolute atomic E-state index is 0.0642. The van der Waals surface area contributed by atoms with Gasteiger partial charge in [0, 0.05) is 48.7 Å². The Bertz CT molecular complexity index is 1110. The number of hydrogen-bond acceptors (Lipinski definition) is 3. The Labute approximate surface area is 211 Å². The highest BCUT2D eigenvalue weighted by Crippen LogP contribution is 2.26. The fourth-order valence-electron chi connectivity index (χ4n) is 5.07. The second-order valence-electron chi connectivity index (χ2n) is 11.4. The molecule has 1 aromatic carbocycles. The first-order valence-corrected chi connectivity index (χ1v) is 12.5. The fourth-order valence-corrected chi connectivity index (χ4v) is 5.07. The maximum atomic E-state index is 13.1. The summed E-state index contributed by atoms with van der Waals surface area (Å²) in [5.74, 6) is 0.144. The molecule has 1 fully saturated rings. The average molecular weight is 479 g/mol. The van der Waals surface area contributed by atoms with Gasteiger partial charge in [0.15, 0.2) is 5.78 Å². The number of amides is 2. The molecule has 0 radical (unpaired) electrons. The lowest BCUT2D eigenvalue weighted by Gasteiger charge is -2.37. The average Bonchev–Trinajstić information content (AvgIpc) is 3.08. The molecule has 0 bridgehead atoms. The van der Waals surface area contributed by atoms with Crippen LogP contribution < -0.4 is 5.32 Å². The quantitative estimate of drug-likeness (QED) is 0.570. The Morgan fingerprint density at radius 2 is 1.63 bits per heavy atom. The Balaban J connectivity index is 1.58. The second kappa shape index (κ2) is 10.0. The van der Waals surface area contributed by atoms with Crippen LogP contribution in [0.3, 0.4) is 0 Å². The van der Waals surface area contributed by atoms with Crippen molar-refractivity contribution in [3.05, 3.63) is 65.0 Å². The first-order valence-electron chi connectivity index (χ1n) is 12.5. The van der Waals surface area contributed by atoms with Crippen molar-refractivity contribution >= 4 is 17.4 Å². The third kappa shape index (κ3) is 6.04. The molecular formula is C29H42N4O2. The normalized spacial score (nSPS) is 15.3. The Morgan fingerprint density at radius 3 is 2.17 bits per heavy atom. The van der Waals surface area contributed by atoms with Crippen LogP contribution in [0.25, 0.3) is 5.57 Å². The lowest BCUT2D eigenvalue weighted by Crippen LogP contribution is -2.55. The Morgan fingerprint density at radius 1 is 1.00 bits per heavy atom. The van der Waals surface area contributed by atoms with Gasteiger partial charge in [-0.1, -0.05) is 30.4 Å². The molecule has 2 heterocycles. The number of aromatic nitrogens is 1. The number of carbonyl (C=O) groups is 2. The molecule has 0 atom stereocenters. The molecule has 35 heavy (non-hydrogen) atoms. The van der Waals surface area contributed by atoms with Crippen LogP contribution in [-0.4, -0.2) is 58.9 Å². The molecule has 1 aliphatic heterocycles. The molecule has 0 unspecified atom stereocenters. The summed E-state index contributed by atoms with van der Waals surface area (Å²) in [4.78, 5) is 30.1. The van der Waals surface area contributed by atoms with Crippen molar-refractivity contribution in [2.75, 3.05) is 32.7 Å². The third-order valence-electron chi connectivity index (χ3n) is 6.93. The molecule has 1 saturated heterocycles. The number of piperazine rings is 1. The molecule has 1 N–H and O–H groups in total. The van der Waals surface area contributed by atoms with Gasteiger partial charge in [-0.3, -0.25) is 9.69 Å². The summed E-state index contributed by atoms with van der Waals surface area (Å²) >= 11 is 0. The van der Waals surface area contributed by atoms with Crippen molar-refractivity contribution in [2.24, 2.45) is 0 Å². The predicted molar refractivity (Wildman–Crippen MR) is 144 cm³/mol. The molecule has 6 heteroatoms. The van der Waals surface area contributed by atoms with Gasteiger partial charge in [-0.15, -0.1) is 0 Å². The molecule has 0 saturated carbocycles. The minimum atomic E-state index is -0.509. The summed E-state index contributed by atoms with van der Waals surface area (Å²) in [5.41, 5.74) is 5.48. The zero-order chi connectivity index (χ0) is 26.1. The standard InChI is InChI=1S/C29H42N4O2/c1-20(2)23-11-10-12-24(18-23)29(8,9)30-27(35)32-15-13-31(14-16-32)19-26(34)25-17-21(3)33(22(25)4)28(5,6)7/h10-12,17-18H,1,13-16,19H2,2-9H3,(H,30,35). The highest BCUT2D eigenvalue weighted by atomic mass is 16.2. The van der Waals surface area contributed by atoms with Gasteiger partial charge in [0.1, 0.15) is 0 Å². The molecule has 2 amide bonds. The van der Waals surface area contributed by atoms with Gasteiger partial charge in [-0.25, -0.2) is 4.79 Å². The zero-order valence-electron chi connectivity index (χ0n) is 22.8. The number of rotatable bonds is 6. The molecule has 0 aliphatic carbocycles. The molecular weight excluding hydrogens is 436 g/mol. The van der Waals surface area contributed by atoms with E-state index < -0.39 is 5.54 Å². The molecule has 6 nitrogen and oxygen atoms in total. The van der Waals surface area contributed by atoms with Gasteiger partial charge in [0.25, 0.3) is 0 Å². The van der Waals surface area contributed by atoms with E-state index in [0.29, 0.717) is 32.7 Å². The number of nitrogens with one attached hydrogen (secondary N) is 1. The summed E-state index contributed by atoms with van der Waals surface area (Å²) in [5, 5.41) is 3.19. The van der Waals surface area contributed by atoms with Gasteiger partial charge >= 0.3 is 6.03 Å². The number of Topliss-reactive ketones (excluding diaryl/α,β-unsaturated/α-hetero) is 1. The van der Waals surface area contributed by atoms with Crippen LogP contribution in [0.15, 0.2) is 36.9 Å². The van der Waals surface area contributed by atoms with Crippen LogP contribution in [0.1, 0.15) is 74.4 Å². The van der Waals surface area contributed by atoms with E-state index in [0.717, 1.165) is 33.7 Å². The van der Waals surface area contributed by atoms with E-state index in [9.17, 15) is 9.59 Å². The minimum Gasteiger partial charge on any atom is -0.343 e. The van der Waals surface area contributed by atoms with Gasteiger partial charge in [0.2, 0.25) is 0 Å². The van der Waals surface area contributed by atoms with E-state index in [-0.39, 0.29) is 17.4 Å². The third-order valence-corrected chi connectivity index (χ3v) is 6.93. The largest absolute Gasteiger partial charge is 0.343 e. The van der Waals surface area contributed by atoms with Crippen molar-refractivity contribution in [3.8, 4) is 0 Å². The first kappa shape index (κ1) is 26.7. The maximum absolute atomic E-state index is 13.1. The number of carbonyl (C=O) groups excluding carboxylic acids is 2. The smallest absolute Gasteiger partial charge is 0.318 e. The molecule has 3 rings (SSSR count). The number of allylic oxidation sites excluding steroid dienone is 1. The summed E-state index contributed by atoms with van der Waals surface area (Å²) in [6.07, 6.45) is 0. The van der Waals surface area contributed by atoms with Crippen LogP contribution in [-0.2, 0) is 11.1 Å². The number of hydrogen-bond donors (Lipinski definition) is 1. The van der Waals surface area contributed by atoms with Gasteiger partial charge < -0.3 is 14.8 Å². The Kier molecular flexibility index (Phi) is 7.65. The monoisotopic (exact) mass is 478 g/mol. The molecule has 190 valence electrons. The van der Waals surface area contributed by atoms with E-state index in [1.54, 1.807) is 0 Å². The van der Waals surface area contributed by atoms with E-state index in [2.05, 4.69) is 55.1 Å².